The number of fused-ring (bicyclic) bond motifs is 1. The van der Waals surface area contributed by atoms with Crippen molar-refractivity contribution in [2.75, 3.05) is 31.2 Å². The Morgan fingerprint density at radius 2 is 1.66 bits per heavy atom. The van der Waals surface area contributed by atoms with Crippen LogP contribution >= 0.6 is 0 Å². The van der Waals surface area contributed by atoms with E-state index in [9.17, 15) is 4.79 Å². The highest BCUT2D eigenvalue weighted by molar-refractivity contribution is 6.13. The Morgan fingerprint density at radius 1 is 0.897 bits per heavy atom. The largest absolute Gasteiger partial charge is 0.402 e. The van der Waals surface area contributed by atoms with Crippen LogP contribution in [0.25, 0.3) is 16.8 Å². The number of carbonyl (C=O) groups excluding carboxylic acids is 1. The number of rotatable bonds is 3. The molecule has 0 atom stereocenters. The van der Waals surface area contributed by atoms with E-state index in [1.54, 1.807) is 6.08 Å². The highest BCUT2D eigenvalue weighted by atomic mass is 16.6. The summed E-state index contributed by atoms with van der Waals surface area (Å²) in [6, 6.07) is 22.1. The van der Waals surface area contributed by atoms with Gasteiger partial charge in [-0.05, 0) is 46.7 Å². The molecule has 29 heavy (non-hydrogen) atoms. The second-order valence-electron chi connectivity index (χ2n) is 7.09. The van der Waals surface area contributed by atoms with Gasteiger partial charge in [0, 0.05) is 24.3 Å². The lowest BCUT2D eigenvalue weighted by Gasteiger charge is -2.28. The number of nitrogens with zero attached hydrogens (tertiary/aromatic N) is 2. The van der Waals surface area contributed by atoms with E-state index in [4.69, 9.17) is 9.47 Å². The lowest BCUT2D eigenvalue weighted by Crippen LogP contribution is -2.36. The van der Waals surface area contributed by atoms with Crippen LogP contribution < -0.4 is 4.90 Å². The third kappa shape index (κ3) is 3.65. The maximum atomic E-state index is 12.3. The second-order valence-corrected chi connectivity index (χ2v) is 7.09. The van der Waals surface area contributed by atoms with Crippen LogP contribution in [0.2, 0.25) is 0 Å². The molecule has 2 heterocycles. The standard InChI is InChI=1S/C24H20N2O3/c27-24-22(15-17-5-9-21(10-6-17)26-11-13-28-14-12-26)25-23(29-24)20-8-7-18-3-1-2-4-19(18)16-20/h1-10,15-16H,11-14H2/b22-15-. The molecule has 0 unspecified atom stereocenters. The molecule has 5 heteroatoms. The molecule has 1 saturated heterocycles. The van der Waals surface area contributed by atoms with Crippen molar-refractivity contribution >= 4 is 34.4 Å². The summed E-state index contributed by atoms with van der Waals surface area (Å²) >= 11 is 0. The molecule has 0 aromatic heterocycles. The van der Waals surface area contributed by atoms with Crippen molar-refractivity contribution in [1.82, 2.24) is 0 Å². The fourth-order valence-corrected chi connectivity index (χ4v) is 3.62. The molecular weight excluding hydrogens is 364 g/mol. The molecule has 0 amide bonds. The lowest BCUT2D eigenvalue weighted by molar-refractivity contribution is -0.129. The Morgan fingerprint density at radius 3 is 2.45 bits per heavy atom. The molecule has 0 aliphatic carbocycles. The van der Waals surface area contributed by atoms with Crippen LogP contribution in [0.15, 0.2) is 77.4 Å². The molecule has 0 N–H and O–H groups in total. The van der Waals surface area contributed by atoms with Gasteiger partial charge in [0.2, 0.25) is 5.90 Å². The first kappa shape index (κ1) is 17.6. The average molecular weight is 384 g/mol. The zero-order valence-corrected chi connectivity index (χ0v) is 15.9. The van der Waals surface area contributed by atoms with Gasteiger partial charge in [-0.25, -0.2) is 9.79 Å². The number of hydrogen-bond acceptors (Lipinski definition) is 5. The maximum absolute atomic E-state index is 12.3. The molecule has 3 aromatic carbocycles. The zero-order chi connectivity index (χ0) is 19.6. The predicted molar refractivity (Wildman–Crippen MR) is 114 cm³/mol. The predicted octanol–water partition coefficient (Wildman–Crippen LogP) is 4.02. The van der Waals surface area contributed by atoms with E-state index in [-0.39, 0.29) is 0 Å². The van der Waals surface area contributed by atoms with E-state index >= 15 is 0 Å². The summed E-state index contributed by atoms with van der Waals surface area (Å²) in [6.07, 6.45) is 1.76. The van der Waals surface area contributed by atoms with E-state index in [0.29, 0.717) is 11.6 Å². The minimum atomic E-state index is -0.426. The smallest absolute Gasteiger partial charge is 0.363 e. The van der Waals surface area contributed by atoms with Gasteiger partial charge >= 0.3 is 5.97 Å². The first-order chi connectivity index (χ1) is 14.3. The van der Waals surface area contributed by atoms with Crippen molar-refractivity contribution in [1.29, 1.82) is 0 Å². The van der Waals surface area contributed by atoms with Gasteiger partial charge < -0.3 is 14.4 Å². The number of aliphatic imine (C=N–C) groups is 1. The number of cyclic esters (lactones) is 1. The fraction of sp³-hybridized carbons (Fsp3) is 0.167. The minimum Gasteiger partial charge on any atom is -0.402 e. The van der Waals surface area contributed by atoms with Crippen molar-refractivity contribution in [2.24, 2.45) is 4.99 Å². The maximum Gasteiger partial charge on any atom is 0.363 e. The van der Waals surface area contributed by atoms with E-state index in [0.717, 1.165) is 53.9 Å². The van der Waals surface area contributed by atoms with Crippen LogP contribution in [0, 0.1) is 0 Å². The van der Waals surface area contributed by atoms with Gasteiger partial charge in [-0.2, -0.15) is 0 Å². The van der Waals surface area contributed by atoms with Crippen LogP contribution in [-0.4, -0.2) is 38.2 Å². The monoisotopic (exact) mass is 384 g/mol. The summed E-state index contributed by atoms with van der Waals surface area (Å²) in [5, 5.41) is 2.22. The average Bonchev–Trinajstić information content (AvgIpc) is 3.15. The molecule has 2 aliphatic heterocycles. The molecule has 3 aromatic rings. The molecule has 0 spiro atoms. The first-order valence-corrected chi connectivity index (χ1v) is 9.71. The number of esters is 1. The molecule has 5 nitrogen and oxygen atoms in total. The Balaban J connectivity index is 1.39. The number of anilines is 1. The van der Waals surface area contributed by atoms with Gasteiger partial charge in [-0.1, -0.05) is 42.5 Å². The Labute approximate surface area is 168 Å². The van der Waals surface area contributed by atoms with Gasteiger partial charge in [-0.3, -0.25) is 0 Å². The van der Waals surface area contributed by atoms with E-state index in [1.807, 2.05) is 54.6 Å². The molecule has 0 saturated carbocycles. The van der Waals surface area contributed by atoms with Crippen molar-refractivity contribution in [3.63, 3.8) is 0 Å². The third-order valence-electron chi connectivity index (χ3n) is 5.19. The number of ether oxygens (including phenoxy) is 2. The summed E-state index contributed by atoms with van der Waals surface area (Å²) in [5.41, 5.74) is 3.18. The van der Waals surface area contributed by atoms with Crippen LogP contribution in [0.5, 0.6) is 0 Å². The summed E-state index contributed by atoms with van der Waals surface area (Å²) in [7, 11) is 0. The molecule has 0 radical (unpaired) electrons. The normalized spacial score (nSPS) is 18.2. The third-order valence-corrected chi connectivity index (χ3v) is 5.19. The Kier molecular flexibility index (Phi) is 4.58. The SMILES string of the molecule is O=C1OC(c2ccc3ccccc3c2)=N/C1=C\c1ccc(N2CCOCC2)cc1. The Hall–Kier alpha value is -3.44. The number of morpholine rings is 1. The van der Waals surface area contributed by atoms with E-state index < -0.39 is 5.97 Å². The number of carbonyl (C=O) groups is 1. The fourth-order valence-electron chi connectivity index (χ4n) is 3.62. The molecular formula is C24H20N2O3. The minimum absolute atomic E-state index is 0.312. The van der Waals surface area contributed by atoms with Gasteiger partial charge in [0.05, 0.1) is 13.2 Å². The summed E-state index contributed by atoms with van der Waals surface area (Å²) < 4.78 is 10.8. The zero-order valence-electron chi connectivity index (χ0n) is 15.9. The molecule has 5 rings (SSSR count). The van der Waals surface area contributed by atoms with Crippen molar-refractivity contribution in [3.05, 3.63) is 83.6 Å². The van der Waals surface area contributed by atoms with Crippen LogP contribution in [0.1, 0.15) is 11.1 Å². The van der Waals surface area contributed by atoms with E-state index in [2.05, 4.69) is 22.0 Å². The van der Waals surface area contributed by atoms with Crippen LogP contribution in [-0.2, 0) is 14.3 Å². The van der Waals surface area contributed by atoms with Crippen molar-refractivity contribution < 1.29 is 14.3 Å². The van der Waals surface area contributed by atoms with Gasteiger partial charge in [-0.15, -0.1) is 0 Å². The first-order valence-electron chi connectivity index (χ1n) is 9.71. The molecule has 0 bridgehead atoms. The summed E-state index contributed by atoms with van der Waals surface area (Å²) in [6.45, 7) is 3.30. The molecule has 144 valence electrons. The quantitative estimate of drug-likeness (QED) is 0.506. The highest BCUT2D eigenvalue weighted by Gasteiger charge is 2.24. The van der Waals surface area contributed by atoms with Crippen LogP contribution in [0.3, 0.4) is 0 Å². The summed E-state index contributed by atoms with van der Waals surface area (Å²) in [5.74, 6) is -0.0812. The topological polar surface area (TPSA) is 51.1 Å². The van der Waals surface area contributed by atoms with Crippen LogP contribution in [0.4, 0.5) is 5.69 Å². The Bertz CT molecular complexity index is 1130. The van der Waals surface area contributed by atoms with Gasteiger partial charge in [0.15, 0.2) is 5.70 Å². The van der Waals surface area contributed by atoms with E-state index in [1.165, 1.54) is 0 Å². The number of hydrogen-bond donors (Lipinski definition) is 0. The van der Waals surface area contributed by atoms with Crippen molar-refractivity contribution in [3.8, 4) is 0 Å². The van der Waals surface area contributed by atoms with Gasteiger partial charge in [0.1, 0.15) is 0 Å². The van der Waals surface area contributed by atoms with Crippen molar-refractivity contribution in [2.45, 2.75) is 0 Å². The molecule has 2 aliphatic rings. The summed E-state index contributed by atoms with van der Waals surface area (Å²) in [4.78, 5) is 19.0. The lowest BCUT2D eigenvalue weighted by atomic mass is 10.1. The second kappa shape index (κ2) is 7.53. The molecule has 1 fully saturated rings. The number of benzene rings is 3. The van der Waals surface area contributed by atoms with Gasteiger partial charge in [0.25, 0.3) is 0 Å². The highest BCUT2D eigenvalue weighted by Crippen LogP contribution is 2.23.